The molecule has 1 aliphatic heterocycles. The Hall–Kier alpha value is -3.48. The highest BCUT2D eigenvalue weighted by Gasteiger charge is 2.25. The number of para-hydroxylation sites is 1. The molecule has 7 nitrogen and oxygen atoms in total. The van der Waals surface area contributed by atoms with Gasteiger partial charge < -0.3 is 14.4 Å². The number of carbonyl (C=O) groups excluding carboxylic acids is 1. The SMILES string of the molecule is O=C(CCc1c[nH]c2ccccc12)N1CCCC(Cc2noc(-c3ccccn3)n2)C1. The minimum atomic E-state index is 0.220. The van der Waals surface area contributed by atoms with Gasteiger partial charge in [0, 0.05) is 49.2 Å². The van der Waals surface area contributed by atoms with Gasteiger partial charge in [-0.05, 0) is 48.9 Å². The molecule has 4 aromatic rings. The highest BCUT2D eigenvalue weighted by Crippen LogP contribution is 2.23. The van der Waals surface area contributed by atoms with Crippen molar-refractivity contribution in [2.24, 2.45) is 5.92 Å². The fraction of sp³-hybridized carbons (Fsp3) is 0.333. The third kappa shape index (κ3) is 4.35. The number of aromatic nitrogens is 4. The van der Waals surface area contributed by atoms with E-state index in [1.165, 1.54) is 10.9 Å². The number of benzene rings is 1. The van der Waals surface area contributed by atoms with Crippen molar-refractivity contribution in [3.05, 3.63) is 66.2 Å². The van der Waals surface area contributed by atoms with Crippen LogP contribution in [0.5, 0.6) is 0 Å². The second-order valence-corrected chi connectivity index (χ2v) is 8.14. The van der Waals surface area contributed by atoms with Gasteiger partial charge in [-0.3, -0.25) is 9.78 Å². The van der Waals surface area contributed by atoms with Gasteiger partial charge in [0.2, 0.25) is 5.91 Å². The van der Waals surface area contributed by atoms with Gasteiger partial charge in [-0.2, -0.15) is 4.98 Å². The van der Waals surface area contributed by atoms with E-state index in [0.717, 1.165) is 37.9 Å². The molecule has 158 valence electrons. The van der Waals surface area contributed by atoms with Crippen LogP contribution < -0.4 is 0 Å². The lowest BCUT2D eigenvalue weighted by Gasteiger charge is -2.32. The maximum absolute atomic E-state index is 12.9. The normalized spacial score (nSPS) is 16.6. The van der Waals surface area contributed by atoms with Crippen LogP contribution in [0.4, 0.5) is 0 Å². The average Bonchev–Trinajstić information content (AvgIpc) is 3.45. The van der Waals surface area contributed by atoms with Crippen LogP contribution in [0.3, 0.4) is 0 Å². The van der Waals surface area contributed by atoms with E-state index in [4.69, 9.17) is 4.52 Å². The predicted molar refractivity (Wildman–Crippen MR) is 117 cm³/mol. The maximum Gasteiger partial charge on any atom is 0.276 e. The van der Waals surface area contributed by atoms with Crippen molar-refractivity contribution >= 4 is 16.8 Å². The van der Waals surface area contributed by atoms with Gasteiger partial charge in [-0.25, -0.2) is 0 Å². The summed E-state index contributed by atoms with van der Waals surface area (Å²) in [4.78, 5) is 26.9. The fourth-order valence-electron chi connectivity index (χ4n) is 4.38. The van der Waals surface area contributed by atoms with Crippen molar-refractivity contribution in [3.63, 3.8) is 0 Å². The van der Waals surface area contributed by atoms with E-state index in [1.807, 2.05) is 41.4 Å². The van der Waals surface area contributed by atoms with Gasteiger partial charge >= 0.3 is 0 Å². The molecule has 1 saturated heterocycles. The number of piperidine rings is 1. The molecular formula is C24H25N5O2. The number of H-pyrrole nitrogens is 1. The monoisotopic (exact) mass is 415 g/mol. The van der Waals surface area contributed by atoms with E-state index in [2.05, 4.69) is 32.2 Å². The van der Waals surface area contributed by atoms with Gasteiger partial charge in [0.15, 0.2) is 5.82 Å². The van der Waals surface area contributed by atoms with Crippen molar-refractivity contribution in [1.82, 2.24) is 25.0 Å². The Bertz CT molecular complexity index is 1170. The molecule has 1 unspecified atom stereocenters. The number of carbonyl (C=O) groups is 1. The molecule has 7 heteroatoms. The zero-order valence-electron chi connectivity index (χ0n) is 17.3. The Morgan fingerprint density at radius 1 is 1.19 bits per heavy atom. The van der Waals surface area contributed by atoms with Crippen LogP contribution in [0, 0.1) is 5.92 Å². The molecule has 5 rings (SSSR count). The van der Waals surface area contributed by atoms with E-state index in [1.54, 1.807) is 6.20 Å². The molecule has 1 aliphatic rings. The number of nitrogens with one attached hydrogen (secondary N) is 1. The first-order valence-corrected chi connectivity index (χ1v) is 10.8. The first-order valence-electron chi connectivity index (χ1n) is 10.8. The van der Waals surface area contributed by atoms with Gasteiger partial charge in [-0.1, -0.05) is 29.4 Å². The average molecular weight is 415 g/mol. The van der Waals surface area contributed by atoms with Crippen molar-refractivity contribution in [1.29, 1.82) is 0 Å². The van der Waals surface area contributed by atoms with Crippen molar-refractivity contribution in [2.45, 2.75) is 32.1 Å². The third-order valence-electron chi connectivity index (χ3n) is 5.98. The Morgan fingerprint density at radius 3 is 3.00 bits per heavy atom. The number of fused-ring (bicyclic) bond motifs is 1. The number of rotatable bonds is 6. The first kappa shape index (κ1) is 19.5. The van der Waals surface area contributed by atoms with Crippen LogP contribution in [0.25, 0.3) is 22.5 Å². The molecule has 1 N–H and O–H groups in total. The molecule has 31 heavy (non-hydrogen) atoms. The zero-order valence-corrected chi connectivity index (χ0v) is 17.3. The summed E-state index contributed by atoms with van der Waals surface area (Å²) in [5, 5.41) is 5.32. The number of hydrogen-bond acceptors (Lipinski definition) is 5. The van der Waals surface area contributed by atoms with E-state index in [-0.39, 0.29) is 5.91 Å². The summed E-state index contributed by atoms with van der Waals surface area (Å²) >= 11 is 0. The van der Waals surface area contributed by atoms with Gasteiger partial charge in [0.05, 0.1) is 0 Å². The minimum Gasteiger partial charge on any atom is -0.361 e. The molecule has 1 atom stereocenters. The summed E-state index contributed by atoms with van der Waals surface area (Å²) in [6, 6.07) is 13.8. The smallest absolute Gasteiger partial charge is 0.276 e. The second kappa shape index (κ2) is 8.71. The lowest BCUT2D eigenvalue weighted by Crippen LogP contribution is -2.40. The number of pyridine rings is 1. The summed E-state index contributed by atoms with van der Waals surface area (Å²) in [7, 11) is 0. The molecule has 1 aromatic carbocycles. The second-order valence-electron chi connectivity index (χ2n) is 8.14. The molecule has 4 heterocycles. The summed E-state index contributed by atoms with van der Waals surface area (Å²) < 4.78 is 5.37. The molecule has 3 aromatic heterocycles. The Morgan fingerprint density at radius 2 is 2.10 bits per heavy atom. The van der Waals surface area contributed by atoms with Crippen LogP contribution in [0.2, 0.25) is 0 Å². The first-order chi connectivity index (χ1) is 15.3. The van der Waals surface area contributed by atoms with Crippen LogP contribution in [0.15, 0.2) is 59.4 Å². The van der Waals surface area contributed by atoms with E-state index in [9.17, 15) is 4.79 Å². The standard InChI is InChI=1S/C24H25N5O2/c30-23(11-10-18-15-26-20-8-2-1-7-19(18)20)29-13-5-6-17(16-29)14-22-27-24(31-28-22)21-9-3-4-12-25-21/h1-4,7-9,12,15,17,26H,5-6,10-11,13-14,16H2. The largest absolute Gasteiger partial charge is 0.361 e. The summed E-state index contributed by atoms with van der Waals surface area (Å²) in [5.74, 6) is 1.69. The Balaban J connectivity index is 1.17. The topological polar surface area (TPSA) is 87.9 Å². The number of aryl methyl sites for hydroxylation is 1. The molecule has 1 amide bonds. The Labute approximate surface area is 180 Å². The maximum atomic E-state index is 12.9. The summed E-state index contributed by atoms with van der Waals surface area (Å²) in [6.45, 7) is 1.58. The molecule has 0 spiro atoms. The lowest BCUT2D eigenvalue weighted by molar-refractivity contribution is -0.133. The Kier molecular flexibility index (Phi) is 5.48. The predicted octanol–water partition coefficient (Wildman–Crippen LogP) is 4.03. The third-order valence-corrected chi connectivity index (χ3v) is 5.98. The summed E-state index contributed by atoms with van der Waals surface area (Å²) in [5.41, 5.74) is 3.00. The van der Waals surface area contributed by atoms with Crippen LogP contribution >= 0.6 is 0 Å². The van der Waals surface area contributed by atoms with Gasteiger partial charge in [0.1, 0.15) is 5.69 Å². The van der Waals surface area contributed by atoms with Gasteiger partial charge in [0.25, 0.3) is 5.89 Å². The van der Waals surface area contributed by atoms with Crippen LogP contribution in [0.1, 0.15) is 30.7 Å². The quantitative estimate of drug-likeness (QED) is 0.514. The number of likely N-dealkylation sites (tertiary alicyclic amines) is 1. The van der Waals surface area contributed by atoms with Crippen molar-refractivity contribution in [3.8, 4) is 11.6 Å². The van der Waals surface area contributed by atoms with Gasteiger partial charge in [-0.15, -0.1) is 0 Å². The molecule has 0 aliphatic carbocycles. The molecule has 0 radical (unpaired) electrons. The van der Waals surface area contributed by atoms with E-state index in [0.29, 0.717) is 36.2 Å². The van der Waals surface area contributed by atoms with E-state index >= 15 is 0 Å². The minimum absolute atomic E-state index is 0.220. The van der Waals surface area contributed by atoms with Crippen molar-refractivity contribution in [2.75, 3.05) is 13.1 Å². The molecule has 1 fully saturated rings. The fourth-order valence-corrected chi connectivity index (χ4v) is 4.38. The van der Waals surface area contributed by atoms with Crippen molar-refractivity contribution < 1.29 is 9.32 Å². The molecule has 0 bridgehead atoms. The highest BCUT2D eigenvalue weighted by atomic mass is 16.5. The highest BCUT2D eigenvalue weighted by molar-refractivity contribution is 5.84. The van der Waals surface area contributed by atoms with E-state index < -0.39 is 0 Å². The number of amides is 1. The number of hydrogen-bond donors (Lipinski definition) is 1. The summed E-state index contributed by atoms with van der Waals surface area (Å²) in [6.07, 6.45) is 7.80. The van der Waals surface area contributed by atoms with Crippen LogP contribution in [-0.4, -0.2) is 44.0 Å². The number of nitrogens with zero attached hydrogens (tertiary/aromatic N) is 4. The molecular weight excluding hydrogens is 390 g/mol. The zero-order chi connectivity index (χ0) is 21.0. The number of aromatic amines is 1. The lowest BCUT2D eigenvalue weighted by atomic mass is 9.94. The molecule has 0 saturated carbocycles. The van der Waals surface area contributed by atoms with Crippen LogP contribution in [-0.2, 0) is 17.6 Å².